The van der Waals surface area contributed by atoms with Crippen LogP contribution < -0.4 is 0 Å². The highest BCUT2D eigenvalue weighted by molar-refractivity contribution is 5.70. The fourth-order valence-electron chi connectivity index (χ4n) is 3.52. The van der Waals surface area contributed by atoms with E-state index in [4.69, 9.17) is 0 Å². The van der Waals surface area contributed by atoms with Crippen molar-refractivity contribution in [1.29, 1.82) is 0 Å². The van der Waals surface area contributed by atoms with Gasteiger partial charge < -0.3 is 14.7 Å². The first-order chi connectivity index (χ1) is 13.8. The van der Waals surface area contributed by atoms with Crippen molar-refractivity contribution in [2.45, 2.75) is 96.5 Å². The minimum atomic E-state index is -0.867. The van der Waals surface area contributed by atoms with Crippen molar-refractivity contribution in [1.82, 2.24) is 0 Å². The number of aliphatic carboxylic acids is 1. The average molecular weight is 411 g/mol. The molecular formula is C25H48NO3+. The highest BCUT2D eigenvalue weighted by Crippen LogP contribution is 2.18. The van der Waals surface area contributed by atoms with Gasteiger partial charge >= 0.3 is 5.97 Å². The lowest BCUT2D eigenvalue weighted by atomic mass is 9.94. The molecule has 4 nitrogen and oxygen atoms in total. The maximum atomic E-state index is 11.4. The number of aliphatic hydroxyl groups excluding tert-OH is 1. The SMILES string of the molecule is CCCCCC=CCC=CCCCCCCCCC(C(=O)O)C(O)C[N+](C)(C)C. The van der Waals surface area contributed by atoms with Crippen molar-refractivity contribution in [3.05, 3.63) is 24.3 Å². The van der Waals surface area contributed by atoms with Crippen LogP contribution in [0.1, 0.15) is 90.4 Å². The highest BCUT2D eigenvalue weighted by Gasteiger charge is 2.30. The number of nitrogens with zero attached hydrogens (tertiary/aromatic N) is 1. The standard InChI is InChI=1S/C25H47NO3/c1-5-6-7-8-9-10-11-12-13-14-15-16-17-18-19-20-21-23(25(28)29)24(27)22-26(2,3)4/h9-10,12-13,23-24,27H,5-8,11,14-22H2,1-4H3/p+1. The number of carboxylic acids is 1. The number of quaternary nitrogens is 1. The van der Waals surface area contributed by atoms with Crippen LogP contribution in [0.5, 0.6) is 0 Å². The number of hydrogen-bond acceptors (Lipinski definition) is 2. The van der Waals surface area contributed by atoms with Gasteiger partial charge in [-0.15, -0.1) is 0 Å². The molecule has 0 rings (SSSR count). The molecule has 0 bridgehead atoms. The van der Waals surface area contributed by atoms with Gasteiger partial charge in [-0.3, -0.25) is 4.79 Å². The monoisotopic (exact) mass is 410 g/mol. The number of unbranched alkanes of at least 4 members (excludes halogenated alkanes) is 9. The summed E-state index contributed by atoms with van der Waals surface area (Å²) in [6.45, 7) is 2.71. The normalized spacial score (nSPS) is 14.7. The van der Waals surface area contributed by atoms with E-state index in [2.05, 4.69) is 31.2 Å². The summed E-state index contributed by atoms with van der Waals surface area (Å²) in [5.41, 5.74) is 0. The molecule has 0 amide bonds. The number of rotatable bonds is 19. The van der Waals surface area contributed by atoms with Gasteiger partial charge in [0.15, 0.2) is 0 Å². The van der Waals surface area contributed by atoms with Gasteiger partial charge in [-0.1, -0.05) is 76.2 Å². The molecule has 0 aliphatic carbocycles. The predicted octanol–water partition coefficient (Wildman–Crippen LogP) is 5.96. The molecule has 0 saturated carbocycles. The van der Waals surface area contributed by atoms with Crippen molar-refractivity contribution < 1.29 is 19.5 Å². The molecule has 29 heavy (non-hydrogen) atoms. The molecule has 0 fully saturated rings. The van der Waals surface area contributed by atoms with Crippen LogP contribution in [0.2, 0.25) is 0 Å². The maximum Gasteiger partial charge on any atom is 0.309 e. The summed E-state index contributed by atoms with van der Waals surface area (Å²) in [5, 5.41) is 19.6. The van der Waals surface area contributed by atoms with Crippen LogP contribution in [0.25, 0.3) is 0 Å². The summed E-state index contributed by atoms with van der Waals surface area (Å²) in [5.74, 6) is -1.51. The van der Waals surface area contributed by atoms with Crippen LogP contribution in [0.3, 0.4) is 0 Å². The smallest absolute Gasteiger partial charge is 0.309 e. The number of likely N-dealkylation sites (N-methyl/N-ethyl adjacent to an activating group) is 1. The average Bonchev–Trinajstić information content (AvgIpc) is 2.62. The van der Waals surface area contributed by atoms with E-state index in [1.54, 1.807) is 0 Å². The lowest BCUT2D eigenvalue weighted by Gasteiger charge is -2.29. The highest BCUT2D eigenvalue weighted by atomic mass is 16.4. The van der Waals surface area contributed by atoms with E-state index in [9.17, 15) is 15.0 Å². The van der Waals surface area contributed by atoms with Gasteiger partial charge in [0, 0.05) is 0 Å². The molecule has 0 radical (unpaired) electrons. The van der Waals surface area contributed by atoms with Gasteiger partial charge in [-0.25, -0.2) is 0 Å². The Morgan fingerprint density at radius 3 is 1.86 bits per heavy atom. The van der Waals surface area contributed by atoms with E-state index in [0.29, 0.717) is 17.4 Å². The number of allylic oxidation sites excluding steroid dienone is 4. The van der Waals surface area contributed by atoms with Gasteiger partial charge in [-0.2, -0.15) is 0 Å². The lowest BCUT2D eigenvalue weighted by Crippen LogP contribution is -2.45. The molecular weight excluding hydrogens is 362 g/mol. The van der Waals surface area contributed by atoms with Crippen LogP contribution >= 0.6 is 0 Å². The Morgan fingerprint density at radius 2 is 1.34 bits per heavy atom. The van der Waals surface area contributed by atoms with E-state index >= 15 is 0 Å². The largest absolute Gasteiger partial charge is 0.481 e. The zero-order chi connectivity index (χ0) is 22.0. The molecule has 0 aliphatic heterocycles. The zero-order valence-corrected chi connectivity index (χ0v) is 19.6. The molecule has 170 valence electrons. The molecule has 2 N–H and O–H groups in total. The number of carboxylic acid groups (broad SMARTS) is 1. The number of carbonyl (C=O) groups is 1. The molecule has 0 aromatic carbocycles. The van der Waals surface area contributed by atoms with Crippen LogP contribution in [-0.4, -0.2) is 54.5 Å². The molecule has 4 heteroatoms. The fourth-order valence-corrected chi connectivity index (χ4v) is 3.52. The predicted molar refractivity (Wildman–Crippen MR) is 124 cm³/mol. The molecule has 0 aliphatic rings. The maximum absolute atomic E-state index is 11.4. The van der Waals surface area contributed by atoms with E-state index in [0.717, 1.165) is 32.1 Å². The van der Waals surface area contributed by atoms with Crippen LogP contribution in [-0.2, 0) is 4.79 Å². The zero-order valence-electron chi connectivity index (χ0n) is 19.6. The topological polar surface area (TPSA) is 57.5 Å². The Morgan fingerprint density at radius 1 is 0.828 bits per heavy atom. The summed E-state index contributed by atoms with van der Waals surface area (Å²) in [6, 6.07) is 0. The Labute approximate surface area is 180 Å². The van der Waals surface area contributed by atoms with Crippen molar-refractivity contribution >= 4 is 5.97 Å². The first-order valence-corrected chi connectivity index (χ1v) is 11.8. The van der Waals surface area contributed by atoms with Crippen LogP contribution in [0.4, 0.5) is 0 Å². The van der Waals surface area contributed by atoms with Crippen molar-refractivity contribution in [3.8, 4) is 0 Å². The summed E-state index contributed by atoms with van der Waals surface area (Å²) >= 11 is 0. The summed E-state index contributed by atoms with van der Waals surface area (Å²) in [7, 11) is 5.92. The van der Waals surface area contributed by atoms with Crippen molar-refractivity contribution in [2.24, 2.45) is 5.92 Å². The van der Waals surface area contributed by atoms with Crippen LogP contribution in [0.15, 0.2) is 24.3 Å². The third-order valence-corrected chi connectivity index (χ3v) is 5.23. The third-order valence-electron chi connectivity index (χ3n) is 5.23. The molecule has 0 spiro atoms. The second-order valence-electron chi connectivity index (χ2n) is 9.36. The van der Waals surface area contributed by atoms with Crippen LogP contribution in [0, 0.1) is 5.92 Å². The molecule has 2 atom stereocenters. The Hall–Kier alpha value is -1.13. The molecule has 0 aromatic heterocycles. The van der Waals surface area contributed by atoms with E-state index < -0.39 is 18.0 Å². The van der Waals surface area contributed by atoms with E-state index in [1.165, 1.54) is 44.9 Å². The quantitative estimate of drug-likeness (QED) is 0.157. The Bertz CT molecular complexity index is 451. The van der Waals surface area contributed by atoms with E-state index in [-0.39, 0.29) is 0 Å². The fraction of sp³-hybridized carbons (Fsp3) is 0.800. The molecule has 0 aromatic rings. The van der Waals surface area contributed by atoms with Crippen molar-refractivity contribution in [2.75, 3.05) is 27.7 Å². The minimum Gasteiger partial charge on any atom is -0.481 e. The van der Waals surface area contributed by atoms with Gasteiger partial charge in [-0.05, 0) is 38.5 Å². The summed E-state index contributed by atoms with van der Waals surface area (Å²) in [4.78, 5) is 11.4. The third kappa shape index (κ3) is 18.6. The lowest BCUT2D eigenvalue weighted by molar-refractivity contribution is -0.874. The van der Waals surface area contributed by atoms with Gasteiger partial charge in [0.05, 0.1) is 27.1 Å². The summed E-state index contributed by atoms with van der Waals surface area (Å²) in [6.07, 6.45) is 23.1. The molecule has 0 saturated heterocycles. The first-order valence-electron chi connectivity index (χ1n) is 11.8. The first kappa shape index (κ1) is 27.9. The van der Waals surface area contributed by atoms with Gasteiger partial charge in [0.1, 0.15) is 12.6 Å². The van der Waals surface area contributed by atoms with Gasteiger partial charge in [0.2, 0.25) is 0 Å². The number of hydrogen-bond donors (Lipinski definition) is 2. The second-order valence-corrected chi connectivity index (χ2v) is 9.36. The Kier molecular flexibility index (Phi) is 17.0. The molecule has 0 heterocycles. The number of aliphatic hydroxyl groups is 1. The second kappa shape index (κ2) is 17.7. The van der Waals surface area contributed by atoms with Gasteiger partial charge in [0.25, 0.3) is 0 Å². The van der Waals surface area contributed by atoms with Crippen molar-refractivity contribution in [3.63, 3.8) is 0 Å². The molecule has 2 unspecified atom stereocenters. The van der Waals surface area contributed by atoms with E-state index in [1.807, 2.05) is 21.1 Å². The minimum absolute atomic E-state index is 0.471. The Balaban J connectivity index is 3.66. The summed E-state index contributed by atoms with van der Waals surface area (Å²) < 4.78 is 0.578.